The van der Waals surface area contributed by atoms with E-state index in [1.165, 1.54) is 25.7 Å². The Hall–Kier alpha value is -0.770. The van der Waals surface area contributed by atoms with Gasteiger partial charge >= 0.3 is 0 Å². The molecule has 2 aliphatic rings. The number of nitrogens with one attached hydrogen (secondary N) is 2. The quantitative estimate of drug-likeness (QED) is 0.852. The molecule has 1 saturated heterocycles. The fourth-order valence-corrected chi connectivity index (χ4v) is 4.02. The first-order valence-corrected chi connectivity index (χ1v) is 8.88. The highest BCUT2D eigenvalue weighted by molar-refractivity contribution is 6.30. The number of benzene rings is 1. The van der Waals surface area contributed by atoms with Gasteiger partial charge in [0.2, 0.25) is 5.91 Å². The van der Waals surface area contributed by atoms with E-state index in [4.69, 9.17) is 11.6 Å². The lowest BCUT2D eigenvalue weighted by atomic mass is 9.90. The number of amides is 1. The van der Waals surface area contributed by atoms with Crippen LogP contribution in [0.2, 0.25) is 5.02 Å². The Labute approximate surface area is 150 Å². The smallest absolute Gasteiger partial charge is 0.223 e. The summed E-state index contributed by atoms with van der Waals surface area (Å²) >= 11 is 6.16. The number of halogens is 2. The van der Waals surface area contributed by atoms with Crippen LogP contribution >= 0.6 is 24.0 Å². The van der Waals surface area contributed by atoms with Gasteiger partial charge in [-0.25, -0.2) is 0 Å². The number of carbonyl (C=O) groups excluding carboxylic acids is 1. The largest absolute Gasteiger partial charge is 0.349 e. The molecule has 1 amide bonds. The van der Waals surface area contributed by atoms with E-state index in [0.29, 0.717) is 5.92 Å². The van der Waals surface area contributed by atoms with Crippen LogP contribution in [0.4, 0.5) is 0 Å². The number of carbonyl (C=O) groups is 1. The third kappa shape index (κ3) is 4.85. The molecule has 1 atom stereocenters. The van der Waals surface area contributed by atoms with E-state index >= 15 is 0 Å². The van der Waals surface area contributed by atoms with Crippen LogP contribution < -0.4 is 10.6 Å². The van der Waals surface area contributed by atoms with Crippen LogP contribution in [0.1, 0.15) is 50.1 Å². The minimum Gasteiger partial charge on any atom is -0.349 e. The molecule has 0 radical (unpaired) electrons. The van der Waals surface area contributed by atoms with E-state index in [9.17, 15) is 4.79 Å². The fraction of sp³-hybridized carbons (Fsp3) is 0.611. The van der Waals surface area contributed by atoms with Gasteiger partial charge in [-0.1, -0.05) is 36.6 Å². The molecule has 1 aliphatic heterocycles. The molecule has 128 valence electrons. The van der Waals surface area contributed by atoms with Gasteiger partial charge in [-0.15, -0.1) is 12.4 Å². The second-order valence-electron chi connectivity index (χ2n) is 6.61. The normalized spacial score (nSPS) is 20.7. The van der Waals surface area contributed by atoms with Crippen molar-refractivity contribution in [3.63, 3.8) is 0 Å². The molecule has 0 aromatic heterocycles. The Bertz CT molecular complexity index is 511. The predicted molar refractivity (Wildman–Crippen MR) is 97.1 cm³/mol. The molecule has 1 aliphatic carbocycles. The average Bonchev–Trinajstić information content (AvgIpc) is 3.07. The lowest BCUT2D eigenvalue weighted by molar-refractivity contribution is -0.126. The van der Waals surface area contributed by atoms with Crippen LogP contribution in [0, 0.1) is 11.8 Å². The van der Waals surface area contributed by atoms with E-state index in [2.05, 4.69) is 16.7 Å². The van der Waals surface area contributed by atoms with Crippen molar-refractivity contribution in [3.8, 4) is 0 Å². The Kier molecular flexibility index (Phi) is 7.19. The third-order valence-electron chi connectivity index (χ3n) is 5.09. The van der Waals surface area contributed by atoms with Gasteiger partial charge in [0.1, 0.15) is 0 Å². The molecular formula is C18H26Cl2N2O. The molecule has 3 nitrogen and oxygen atoms in total. The summed E-state index contributed by atoms with van der Waals surface area (Å²) < 4.78 is 0. The van der Waals surface area contributed by atoms with E-state index in [0.717, 1.165) is 36.5 Å². The molecular weight excluding hydrogens is 331 g/mol. The molecule has 1 unspecified atom stereocenters. The van der Waals surface area contributed by atoms with Gasteiger partial charge in [0.05, 0.1) is 6.04 Å². The van der Waals surface area contributed by atoms with Crippen molar-refractivity contribution in [3.05, 3.63) is 34.9 Å². The van der Waals surface area contributed by atoms with Crippen molar-refractivity contribution in [2.24, 2.45) is 11.8 Å². The summed E-state index contributed by atoms with van der Waals surface area (Å²) in [6, 6.07) is 8.09. The SMILES string of the molecule is Cl.O=C(NC(c1cccc(Cl)c1)C1CCCC1)C1CCNCC1. The summed E-state index contributed by atoms with van der Waals surface area (Å²) in [6.07, 6.45) is 6.82. The number of hydrogen-bond acceptors (Lipinski definition) is 2. The molecule has 2 fully saturated rings. The Morgan fingerprint density at radius 1 is 1.17 bits per heavy atom. The van der Waals surface area contributed by atoms with E-state index < -0.39 is 0 Å². The highest BCUT2D eigenvalue weighted by Gasteiger charge is 2.30. The molecule has 2 N–H and O–H groups in total. The van der Waals surface area contributed by atoms with Crippen LogP contribution in [0.25, 0.3) is 0 Å². The van der Waals surface area contributed by atoms with Gasteiger partial charge in [0.25, 0.3) is 0 Å². The highest BCUT2D eigenvalue weighted by Crippen LogP contribution is 2.36. The van der Waals surface area contributed by atoms with Gasteiger partial charge in [0, 0.05) is 10.9 Å². The molecule has 5 heteroatoms. The van der Waals surface area contributed by atoms with Crippen molar-refractivity contribution in [2.45, 2.75) is 44.6 Å². The molecule has 1 aromatic carbocycles. The van der Waals surface area contributed by atoms with Crippen LogP contribution in [-0.2, 0) is 4.79 Å². The lowest BCUT2D eigenvalue weighted by Gasteiger charge is -2.29. The van der Waals surface area contributed by atoms with Crippen molar-refractivity contribution in [1.29, 1.82) is 0 Å². The number of piperidine rings is 1. The first-order chi connectivity index (χ1) is 10.7. The zero-order valence-electron chi connectivity index (χ0n) is 13.4. The van der Waals surface area contributed by atoms with Crippen LogP contribution in [0.5, 0.6) is 0 Å². The molecule has 0 bridgehead atoms. The van der Waals surface area contributed by atoms with Gasteiger partial charge in [-0.2, -0.15) is 0 Å². The van der Waals surface area contributed by atoms with Gasteiger partial charge in [-0.05, 0) is 62.4 Å². The summed E-state index contributed by atoms with van der Waals surface area (Å²) in [5.74, 6) is 0.923. The second kappa shape index (κ2) is 8.91. The van der Waals surface area contributed by atoms with Crippen molar-refractivity contribution in [2.75, 3.05) is 13.1 Å². The topological polar surface area (TPSA) is 41.1 Å². The first kappa shape index (κ1) is 18.6. The van der Waals surface area contributed by atoms with E-state index in [1.54, 1.807) is 0 Å². The first-order valence-electron chi connectivity index (χ1n) is 8.50. The van der Waals surface area contributed by atoms with E-state index in [-0.39, 0.29) is 30.3 Å². The van der Waals surface area contributed by atoms with Crippen LogP contribution in [-0.4, -0.2) is 19.0 Å². The number of hydrogen-bond donors (Lipinski definition) is 2. The Morgan fingerprint density at radius 2 is 1.87 bits per heavy atom. The standard InChI is InChI=1S/C18H25ClN2O.ClH/c19-16-7-3-6-15(12-16)17(13-4-1-2-5-13)21-18(22)14-8-10-20-11-9-14;/h3,6-7,12-14,17,20H,1-2,4-5,8-11H2,(H,21,22);1H. The van der Waals surface area contributed by atoms with Gasteiger partial charge < -0.3 is 10.6 Å². The molecule has 3 rings (SSSR count). The van der Waals surface area contributed by atoms with Crippen molar-refractivity contribution < 1.29 is 4.79 Å². The molecule has 1 aromatic rings. The van der Waals surface area contributed by atoms with Crippen LogP contribution in [0.3, 0.4) is 0 Å². The van der Waals surface area contributed by atoms with Crippen molar-refractivity contribution in [1.82, 2.24) is 10.6 Å². The monoisotopic (exact) mass is 356 g/mol. The minimum atomic E-state index is 0. The molecule has 1 saturated carbocycles. The van der Waals surface area contributed by atoms with Crippen molar-refractivity contribution >= 4 is 29.9 Å². The average molecular weight is 357 g/mol. The van der Waals surface area contributed by atoms with Gasteiger partial charge in [0.15, 0.2) is 0 Å². The maximum absolute atomic E-state index is 12.7. The maximum Gasteiger partial charge on any atom is 0.223 e. The molecule has 23 heavy (non-hydrogen) atoms. The highest BCUT2D eigenvalue weighted by atomic mass is 35.5. The zero-order valence-corrected chi connectivity index (χ0v) is 15.0. The minimum absolute atomic E-state index is 0. The summed E-state index contributed by atoms with van der Waals surface area (Å²) in [4.78, 5) is 12.7. The van der Waals surface area contributed by atoms with Gasteiger partial charge in [-0.3, -0.25) is 4.79 Å². The zero-order chi connectivity index (χ0) is 15.4. The fourth-order valence-electron chi connectivity index (χ4n) is 3.82. The second-order valence-corrected chi connectivity index (χ2v) is 7.05. The summed E-state index contributed by atoms with van der Waals surface area (Å²) in [7, 11) is 0. The Balaban J connectivity index is 0.00000192. The molecule has 0 spiro atoms. The molecule has 1 heterocycles. The summed E-state index contributed by atoms with van der Waals surface area (Å²) in [5, 5.41) is 7.41. The maximum atomic E-state index is 12.7. The number of rotatable bonds is 4. The van der Waals surface area contributed by atoms with E-state index in [1.807, 2.05) is 18.2 Å². The summed E-state index contributed by atoms with van der Waals surface area (Å²) in [6.45, 7) is 1.90. The summed E-state index contributed by atoms with van der Waals surface area (Å²) in [5.41, 5.74) is 1.15. The predicted octanol–water partition coefficient (Wildman–Crippen LogP) is 4.11. The Morgan fingerprint density at radius 3 is 2.52 bits per heavy atom. The third-order valence-corrected chi connectivity index (χ3v) is 5.32. The lowest BCUT2D eigenvalue weighted by Crippen LogP contribution is -2.41. The van der Waals surface area contributed by atoms with Crippen LogP contribution in [0.15, 0.2) is 24.3 Å².